The van der Waals surface area contributed by atoms with Crippen LogP contribution in [0.5, 0.6) is 0 Å². The summed E-state index contributed by atoms with van der Waals surface area (Å²) >= 11 is 5.39. The van der Waals surface area contributed by atoms with Gasteiger partial charge in [-0.1, -0.05) is 11.6 Å². The molecule has 0 saturated heterocycles. The first-order chi connectivity index (χ1) is 7.64. The van der Waals surface area contributed by atoms with Crippen LogP contribution in [0.3, 0.4) is 0 Å². The van der Waals surface area contributed by atoms with Gasteiger partial charge in [0.15, 0.2) is 6.29 Å². The van der Waals surface area contributed by atoms with E-state index in [2.05, 4.69) is 0 Å². The highest BCUT2D eigenvalue weighted by Crippen LogP contribution is 2.38. The number of nitro benzene ring substituents is 1. The number of halogens is 4. The average Bonchev–Trinajstić information content (AvgIpc) is 2.14. The first-order valence-electron chi connectivity index (χ1n) is 4.05. The van der Waals surface area contributed by atoms with Gasteiger partial charge in [0, 0.05) is 11.6 Å². The molecular formula is C8H5ClF3NO4. The maximum Gasteiger partial charge on any atom is 0.416 e. The molecule has 17 heavy (non-hydrogen) atoms. The van der Waals surface area contributed by atoms with Crippen molar-refractivity contribution in [1.29, 1.82) is 0 Å². The van der Waals surface area contributed by atoms with Crippen LogP contribution in [0.2, 0.25) is 5.02 Å². The largest absolute Gasteiger partial charge is 0.416 e. The maximum atomic E-state index is 12.4. The number of rotatable bonds is 2. The van der Waals surface area contributed by atoms with E-state index < -0.39 is 39.2 Å². The van der Waals surface area contributed by atoms with Gasteiger partial charge in [0.1, 0.15) is 5.02 Å². The molecule has 1 rings (SSSR count). The number of nitro groups is 1. The Morgan fingerprint density at radius 3 is 2.24 bits per heavy atom. The van der Waals surface area contributed by atoms with E-state index in [1.807, 2.05) is 0 Å². The molecule has 5 nitrogen and oxygen atoms in total. The molecule has 0 heterocycles. The second kappa shape index (κ2) is 4.47. The summed E-state index contributed by atoms with van der Waals surface area (Å²) in [5.74, 6) is 0. The molecule has 0 aliphatic rings. The van der Waals surface area contributed by atoms with Crippen LogP contribution >= 0.6 is 11.6 Å². The second-order valence-electron chi connectivity index (χ2n) is 3.03. The van der Waals surface area contributed by atoms with Gasteiger partial charge in [-0.05, 0) is 6.07 Å². The zero-order chi connectivity index (χ0) is 13.4. The molecule has 0 bridgehead atoms. The Hall–Kier alpha value is -1.38. The number of aliphatic hydroxyl groups excluding tert-OH is 1. The zero-order valence-corrected chi connectivity index (χ0v) is 8.66. The Balaban J connectivity index is 3.53. The Morgan fingerprint density at radius 2 is 1.88 bits per heavy atom. The molecule has 0 unspecified atom stereocenters. The molecule has 1 aromatic carbocycles. The monoisotopic (exact) mass is 271 g/mol. The van der Waals surface area contributed by atoms with Crippen LogP contribution in [0.15, 0.2) is 12.1 Å². The standard InChI is InChI=1S/C8H5ClF3NO4/c9-6-4(7(14)15)1-3(8(10,11)12)2-5(6)13(16)17/h1-2,7,14-15H. The van der Waals surface area contributed by atoms with Gasteiger partial charge >= 0.3 is 6.18 Å². The van der Waals surface area contributed by atoms with E-state index in [1.165, 1.54) is 0 Å². The molecule has 9 heteroatoms. The van der Waals surface area contributed by atoms with Crippen molar-refractivity contribution in [2.24, 2.45) is 0 Å². The zero-order valence-electron chi connectivity index (χ0n) is 7.90. The summed E-state index contributed by atoms with van der Waals surface area (Å²) in [6.07, 6.45) is -7.18. The van der Waals surface area contributed by atoms with Crippen LogP contribution in [-0.2, 0) is 6.18 Å². The molecule has 0 atom stereocenters. The number of benzene rings is 1. The molecule has 94 valence electrons. The Kier molecular flexibility index (Phi) is 3.60. The Morgan fingerprint density at radius 1 is 1.35 bits per heavy atom. The van der Waals surface area contributed by atoms with E-state index in [-0.39, 0.29) is 6.07 Å². The van der Waals surface area contributed by atoms with E-state index in [1.54, 1.807) is 0 Å². The van der Waals surface area contributed by atoms with Gasteiger partial charge in [0.25, 0.3) is 5.69 Å². The predicted molar refractivity (Wildman–Crippen MR) is 50.3 cm³/mol. The average molecular weight is 272 g/mol. The summed E-state index contributed by atoms with van der Waals surface area (Å²) < 4.78 is 37.1. The molecule has 0 radical (unpaired) electrons. The summed E-state index contributed by atoms with van der Waals surface area (Å²) in [6.45, 7) is 0. The third-order valence-electron chi connectivity index (χ3n) is 1.88. The lowest BCUT2D eigenvalue weighted by Gasteiger charge is -2.12. The number of aliphatic hydroxyl groups is 2. The molecule has 2 N–H and O–H groups in total. The molecule has 0 saturated carbocycles. The van der Waals surface area contributed by atoms with Crippen LogP contribution in [0.1, 0.15) is 17.4 Å². The second-order valence-corrected chi connectivity index (χ2v) is 3.41. The van der Waals surface area contributed by atoms with Crippen LogP contribution in [0.25, 0.3) is 0 Å². The summed E-state index contributed by atoms with van der Waals surface area (Å²) in [5.41, 5.74) is -3.19. The van der Waals surface area contributed by atoms with Gasteiger partial charge in [0.05, 0.1) is 10.5 Å². The van der Waals surface area contributed by atoms with Crippen molar-refractivity contribution < 1.29 is 28.3 Å². The molecule has 0 aliphatic carbocycles. The quantitative estimate of drug-likeness (QED) is 0.491. The molecule has 0 aromatic heterocycles. The Labute approximate surface area is 97.2 Å². The third-order valence-corrected chi connectivity index (χ3v) is 2.30. The van der Waals surface area contributed by atoms with Crippen molar-refractivity contribution in [3.05, 3.63) is 38.4 Å². The van der Waals surface area contributed by atoms with E-state index in [0.29, 0.717) is 6.07 Å². The Bertz CT molecular complexity index is 461. The fourth-order valence-corrected chi connectivity index (χ4v) is 1.39. The number of hydrogen-bond donors (Lipinski definition) is 2. The summed E-state index contributed by atoms with van der Waals surface area (Å²) in [7, 11) is 0. The highest BCUT2D eigenvalue weighted by atomic mass is 35.5. The maximum absolute atomic E-state index is 12.4. The van der Waals surface area contributed by atoms with Crippen molar-refractivity contribution in [3.63, 3.8) is 0 Å². The SMILES string of the molecule is O=[N+]([O-])c1cc(C(F)(F)F)cc(C(O)O)c1Cl. The van der Waals surface area contributed by atoms with Crippen molar-refractivity contribution >= 4 is 17.3 Å². The third kappa shape index (κ3) is 2.84. The molecule has 0 spiro atoms. The lowest BCUT2D eigenvalue weighted by atomic mass is 10.1. The number of nitrogens with zero attached hydrogens (tertiary/aromatic N) is 1. The van der Waals surface area contributed by atoms with Crippen LogP contribution in [-0.4, -0.2) is 15.1 Å². The topological polar surface area (TPSA) is 83.6 Å². The predicted octanol–water partition coefficient (Wildman–Crippen LogP) is 2.25. The fraction of sp³-hybridized carbons (Fsp3) is 0.250. The van der Waals surface area contributed by atoms with Gasteiger partial charge in [-0.2, -0.15) is 13.2 Å². The molecule has 0 fully saturated rings. The summed E-state index contributed by atoms with van der Waals surface area (Å²) in [4.78, 5) is 9.33. The smallest absolute Gasteiger partial charge is 0.364 e. The normalized spacial score (nSPS) is 11.9. The van der Waals surface area contributed by atoms with Crippen LogP contribution in [0, 0.1) is 10.1 Å². The van der Waals surface area contributed by atoms with Crippen molar-refractivity contribution in [1.82, 2.24) is 0 Å². The lowest BCUT2D eigenvalue weighted by molar-refractivity contribution is -0.385. The van der Waals surface area contributed by atoms with Gasteiger partial charge < -0.3 is 10.2 Å². The minimum atomic E-state index is -4.85. The van der Waals surface area contributed by atoms with Crippen LogP contribution in [0.4, 0.5) is 18.9 Å². The fourth-order valence-electron chi connectivity index (χ4n) is 1.12. The molecule has 1 aromatic rings. The van der Waals surface area contributed by atoms with E-state index >= 15 is 0 Å². The molecule has 0 aliphatic heterocycles. The lowest BCUT2D eigenvalue weighted by Crippen LogP contribution is -2.09. The van der Waals surface area contributed by atoms with Gasteiger partial charge in [-0.15, -0.1) is 0 Å². The number of hydrogen-bond acceptors (Lipinski definition) is 4. The first-order valence-corrected chi connectivity index (χ1v) is 4.43. The van der Waals surface area contributed by atoms with Crippen molar-refractivity contribution in [2.45, 2.75) is 12.5 Å². The van der Waals surface area contributed by atoms with Gasteiger partial charge in [-0.25, -0.2) is 0 Å². The van der Waals surface area contributed by atoms with E-state index in [9.17, 15) is 23.3 Å². The van der Waals surface area contributed by atoms with E-state index in [0.717, 1.165) is 0 Å². The van der Waals surface area contributed by atoms with Crippen molar-refractivity contribution in [2.75, 3.05) is 0 Å². The van der Waals surface area contributed by atoms with Gasteiger partial charge in [0.2, 0.25) is 0 Å². The highest BCUT2D eigenvalue weighted by Gasteiger charge is 2.35. The molecule has 0 amide bonds. The number of alkyl halides is 3. The van der Waals surface area contributed by atoms with Crippen LogP contribution < -0.4 is 0 Å². The summed E-state index contributed by atoms with van der Waals surface area (Å²) in [5, 5.41) is 27.3. The molecular weight excluding hydrogens is 267 g/mol. The first kappa shape index (κ1) is 13.7. The minimum absolute atomic E-state index is 0.230. The van der Waals surface area contributed by atoms with Gasteiger partial charge in [-0.3, -0.25) is 10.1 Å². The summed E-state index contributed by atoms with van der Waals surface area (Å²) in [6, 6.07) is 0.578. The minimum Gasteiger partial charge on any atom is -0.364 e. The van der Waals surface area contributed by atoms with Crippen molar-refractivity contribution in [3.8, 4) is 0 Å². The highest BCUT2D eigenvalue weighted by molar-refractivity contribution is 6.33. The van der Waals surface area contributed by atoms with E-state index in [4.69, 9.17) is 21.8 Å².